The number of ether oxygens (including phenoxy) is 1. The molecule has 0 radical (unpaired) electrons. The minimum Gasteiger partial charge on any atom is -0.496 e. The van der Waals surface area contributed by atoms with Crippen molar-refractivity contribution in [3.05, 3.63) is 81.5 Å². The van der Waals surface area contributed by atoms with Crippen LogP contribution in [0.15, 0.2) is 51.9 Å². The van der Waals surface area contributed by atoms with Gasteiger partial charge in [0.05, 0.1) is 41.8 Å². The third kappa shape index (κ3) is 3.57. The third-order valence-electron chi connectivity index (χ3n) is 6.18. The van der Waals surface area contributed by atoms with Crippen molar-refractivity contribution in [1.29, 1.82) is 0 Å². The number of nitrogens with zero attached hydrogens (tertiary/aromatic N) is 4. The predicted molar refractivity (Wildman–Crippen MR) is 130 cm³/mol. The first-order valence-corrected chi connectivity index (χ1v) is 11.0. The Morgan fingerprint density at radius 3 is 2.47 bits per heavy atom. The number of fused-ring (bicyclic) bond motifs is 1. The van der Waals surface area contributed by atoms with Gasteiger partial charge < -0.3 is 13.8 Å². The average molecular weight is 456 g/mol. The van der Waals surface area contributed by atoms with Crippen LogP contribution in [0.3, 0.4) is 0 Å². The van der Waals surface area contributed by atoms with Gasteiger partial charge in [0.1, 0.15) is 11.5 Å². The molecule has 0 atom stereocenters. The fourth-order valence-corrected chi connectivity index (χ4v) is 4.52. The van der Waals surface area contributed by atoms with E-state index in [1.807, 2.05) is 64.2 Å². The molecule has 4 aromatic heterocycles. The van der Waals surface area contributed by atoms with Crippen LogP contribution in [0.5, 0.6) is 5.75 Å². The molecule has 0 saturated heterocycles. The Kier molecular flexibility index (Phi) is 5.28. The zero-order valence-corrected chi connectivity index (χ0v) is 19.8. The van der Waals surface area contributed by atoms with Crippen LogP contribution < -0.4 is 10.3 Å². The first-order valence-electron chi connectivity index (χ1n) is 11.0. The van der Waals surface area contributed by atoms with Gasteiger partial charge in [0.25, 0.3) is 5.56 Å². The van der Waals surface area contributed by atoms with E-state index >= 15 is 0 Å². The van der Waals surface area contributed by atoms with E-state index in [9.17, 15) is 4.79 Å². The Morgan fingerprint density at radius 1 is 1.03 bits per heavy atom. The average Bonchev–Trinajstić information content (AvgIpc) is 3.35. The number of rotatable bonds is 5. The van der Waals surface area contributed by atoms with Crippen LogP contribution in [0, 0.1) is 27.7 Å². The molecule has 1 aromatic carbocycles. The summed E-state index contributed by atoms with van der Waals surface area (Å²) in [7, 11) is 1.62. The van der Waals surface area contributed by atoms with E-state index in [0.717, 1.165) is 61.7 Å². The predicted octanol–water partition coefficient (Wildman–Crippen LogP) is 4.73. The lowest BCUT2D eigenvalue weighted by Crippen LogP contribution is -2.20. The molecule has 8 nitrogen and oxygen atoms in total. The molecule has 0 fully saturated rings. The molecular formula is C26H25N5O3. The zero-order chi connectivity index (χ0) is 24.0. The number of pyridine rings is 2. The second kappa shape index (κ2) is 8.30. The van der Waals surface area contributed by atoms with Gasteiger partial charge in [-0.25, -0.2) is 0 Å². The fraction of sp³-hybridized carbons (Fsp3) is 0.231. The Morgan fingerprint density at radius 2 is 1.85 bits per heavy atom. The van der Waals surface area contributed by atoms with Crippen molar-refractivity contribution in [3.8, 4) is 28.0 Å². The van der Waals surface area contributed by atoms with E-state index in [1.165, 1.54) is 0 Å². The lowest BCUT2D eigenvalue weighted by atomic mass is 10.0. The van der Waals surface area contributed by atoms with Gasteiger partial charge in [0, 0.05) is 40.7 Å². The van der Waals surface area contributed by atoms with Crippen molar-refractivity contribution < 1.29 is 9.26 Å². The second-order valence-corrected chi connectivity index (χ2v) is 8.42. The molecule has 0 bridgehead atoms. The molecule has 0 amide bonds. The summed E-state index contributed by atoms with van der Waals surface area (Å²) in [6, 6.07) is 11.3. The molecule has 0 aliphatic rings. The zero-order valence-electron chi connectivity index (χ0n) is 19.8. The van der Waals surface area contributed by atoms with Crippen molar-refractivity contribution in [2.45, 2.75) is 34.2 Å². The monoisotopic (exact) mass is 455 g/mol. The quantitative estimate of drug-likeness (QED) is 0.411. The summed E-state index contributed by atoms with van der Waals surface area (Å²) >= 11 is 0. The second-order valence-electron chi connectivity index (χ2n) is 8.42. The molecule has 0 aliphatic carbocycles. The van der Waals surface area contributed by atoms with Gasteiger partial charge in [-0.3, -0.25) is 14.9 Å². The molecule has 1 N–H and O–H groups in total. The summed E-state index contributed by atoms with van der Waals surface area (Å²) in [6.07, 6.45) is 1.83. The number of H-pyrrole nitrogens is 1. The molecule has 0 saturated carbocycles. The summed E-state index contributed by atoms with van der Waals surface area (Å²) in [5.74, 6) is 1.37. The van der Waals surface area contributed by atoms with Crippen LogP contribution in [0.2, 0.25) is 0 Å². The molecule has 172 valence electrons. The van der Waals surface area contributed by atoms with Crippen molar-refractivity contribution in [2.24, 2.45) is 0 Å². The first-order chi connectivity index (χ1) is 16.4. The minimum absolute atomic E-state index is 0.105. The largest absolute Gasteiger partial charge is 0.496 e. The highest BCUT2D eigenvalue weighted by Gasteiger charge is 2.18. The number of aromatic nitrogens is 5. The highest BCUT2D eigenvalue weighted by atomic mass is 16.5. The lowest BCUT2D eigenvalue weighted by Gasteiger charge is -2.14. The summed E-state index contributed by atoms with van der Waals surface area (Å²) in [5.41, 5.74) is 7.99. The maximum Gasteiger partial charge on any atom is 0.251 e. The maximum atomic E-state index is 12.9. The number of hydrogen-bond donors (Lipinski definition) is 1. The minimum atomic E-state index is -0.105. The van der Waals surface area contributed by atoms with E-state index in [0.29, 0.717) is 12.3 Å². The van der Waals surface area contributed by atoms with Crippen molar-refractivity contribution in [2.75, 3.05) is 7.11 Å². The van der Waals surface area contributed by atoms with E-state index < -0.39 is 0 Å². The van der Waals surface area contributed by atoms with Crippen molar-refractivity contribution >= 4 is 10.9 Å². The molecule has 0 unspecified atom stereocenters. The van der Waals surface area contributed by atoms with Crippen LogP contribution in [-0.4, -0.2) is 32.0 Å². The highest BCUT2D eigenvalue weighted by Crippen LogP contribution is 2.37. The van der Waals surface area contributed by atoms with Crippen molar-refractivity contribution in [3.63, 3.8) is 0 Å². The molecule has 4 heterocycles. The Bertz CT molecular complexity index is 1540. The molecular weight excluding hydrogens is 430 g/mol. The Labute approximate surface area is 196 Å². The van der Waals surface area contributed by atoms with E-state index in [-0.39, 0.29) is 5.56 Å². The van der Waals surface area contributed by atoms with Gasteiger partial charge in [-0.1, -0.05) is 11.2 Å². The molecule has 34 heavy (non-hydrogen) atoms. The molecule has 0 spiro atoms. The van der Waals surface area contributed by atoms with Crippen LogP contribution in [0.4, 0.5) is 0 Å². The smallest absolute Gasteiger partial charge is 0.251 e. The van der Waals surface area contributed by atoms with E-state index in [2.05, 4.69) is 20.3 Å². The molecule has 5 aromatic rings. The first kappa shape index (κ1) is 21.6. The number of aryl methyl sites for hydroxylation is 4. The van der Waals surface area contributed by atoms with E-state index in [4.69, 9.17) is 9.26 Å². The van der Waals surface area contributed by atoms with Crippen molar-refractivity contribution in [1.82, 2.24) is 24.9 Å². The van der Waals surface area contributed by atoms with Gasteiger partial charge in [-0.05, 0) is 51.3 Å². The SMILES string of the molecule is COc1cc2c(ccc(=O)n2Cc2ccc(-c3c(C)n[nH]c3C)cn2)cc1-c1c(C)noc1C. The normalized spacial score (nSPS) is 11.3. The summed E-state index contributed by atoms with van der Waals surface area (Å²) in [6.45, 7) is 8.07. The number of methoxy groups -OCH3 is 1. The number of aromatic amines is 1. The van der Waals surface area contributed by atoms with Crippen LogP contribution in [0.1, 0.15) is 28.5 Å². The van der Waals surface area contributed by atoms with Crippen LogP contribution >= 0.6 is 0 Å². The van der Waals surface area contributed by atoms with Gasteiger partial charge >= 0.3 is 0 Å². The molecule has 5 rings (SSSR count). The van der Waals surface area contributed by atoms with Gasteiger partial charge in [-0.2, -0.15) is 5.10 Å². The number of hydrogen-bond acceptors (Lipinski definition) is 6. The van der Waals surface area contributed by atoms with Gasteiger partial charge in [0.2, 0.25) is 0 Å². The maximum absolute atomic E-state index is 12.9. The van der Waals surface area contributed by atoms with Crippen LogP contribution in [-0.2, 0) is 6.54 Å². The number of nitrogens with one attached hydrogen (secondary N) is 1. The third-order valence-corrected chi connectivity index (χ3v) is 6.18. The lowest BCUT2D eigenvalue weighted by molar-refractivity contribution is 0.393. The molecule has 0 aliphatic heterocycles. The van der Waals surface area contributed by atoms with Crippen LogP contribution in [0.25, 0.3) is 33.2 Å². The fourth-order valence-electron chi connectivity index (χ4n) is 4.52. The summed E-state index contributed by atoms with van der Waals surface area (Å²) in [4.78, 5) is 17.5. The Hall–Kier alpha value is -4.20. The Balaban J connectivity index is 1.57. The number of benzene rings is 1. The van der Waals surface area contributed by atoms with Gasteiger partial charge in [0.15, 0.2) is 0 Å². The van der Waals surface area contributed by atoms with E-state index in [1.54, 1.807) is 17.7 Å². The standard InChI is InChI=1S/C26H25N5O3/c1-14-25(15(2)29-28-14)19-6-8-20(27-12-19)13-31-22-11-23(33-5)21(10-18(22)7-9-24(31)32)26-16(3)30-34-17(26)4/h6-12H,13H2,1-5H3,(H,28,29). The van der Waals surface area contributed by atoms with Gasteiger partial charge in [-0.15, -0.1) is 0 Å². The summed E-state index contributed by atoms with van der Waals surface area (Å²) in [5, 5.41) is 12.3. The topological polar surface area (TPSA) is 98.8 Å². The molecule has 8 heteroatoms. The highest BCUT2D eigenvalue weighted by molar-refractivity contribution is 5.89. The summed E-state index contributed by atoms with van der Waals surface area (Å²) < 4.78 is 12.8.